The zero-order chi connectivity index (χ0) is 15.3. The van der Waals surface area contributed by atoms with Crippen LogP contribution < -0.4 is 5.32 Å². The largest absolute Gasteiger partial charge is 0.351 e. The highest BCUT2D eigenvalue weighted by Gasteiger charge is 2.59. The lowest BCUT2D eigenvalue weighted by Gasteiger charge is -2.36. The standard InChI is InChI=1S/C16H18F3NO/c1-10-2-3-11(17)12(13(10)18)14(20-9-21)15-4-6-16(19,8-15)7-5-15/h2-3,9,14H,4-8H2,1H3,(H,20,21)/t14-,15?,16?/m1/s1. The van der Waals surface area contributed by atoms with Gasteiger partial charge in [-0.05, 0) is 56.1 Å². The fourth-order valence-corrected chi connectivity index (χ4v) is 4.15. The van der Waals surface area contributed by atoms with Gasteiger partial charge in [0.05, 0.1) is 6.04 Å². The SMILES string of the molecule is Cc1ccc(F)c([C@@H](NC=O)C23CCC(F)(CC2)C3)c1F. The van der Waals surface area contributed by atoms with E-state index in [-0.39, 0.29) is 12.0 Å². The molecule has 3 rings (SSSR count). The number of nitrogens with one attached hydrogen (secondary N) is 1. The molecule has 1 atom stereocenters. The van der Waals surface area contributed by atoms with Crippen LogP contribution in [-0.4, -0.2) is 12.1 Å². The molecule has 2 fully saturated rings. The first-order chi connectivity index (χ1) is 9.91. The summed E-state index contributed by atoms with van der Waals surface area (Å²) in [5, 5.41) is 2.56. The second-order valence-electron chi connectivity index (χ2n) is 6.50. The Morgan fingerprint density at radius 1 is 1.24 bits per heavy atom. The third kappa shape index (κ3) is 2.14. The van der Waals surface area contributed by atoms with Gasteiger partial charge in [0.15, 0.2) is 0 Å². The minimum Gasteiger partial charge on any atom is -0.351 e. The summed E-state index contributed by atoms with van der Waals surface area (Å²) in [4.78, 5) is 11.0. The van der Waals surface area contributed by atoms with E-state index in [1.165, 1.54) is 12.1 Å². The van der Waals surface area contributed by atoms with Crippen molar-refractivity contribution < 1.29 is 18.0 Å². The van der Waals surface area contributed by atoms with Crippen molar-refractivity contribution in [1.29, 1.82) is 0 Å². The van der Waals surface area contributed by atoms with Gasteiger partial charge in [-0.2, -0.15) is 0 Å². The molecule has 114 valence electrons. The van der Waals surface area contributed by atoms with Crippen LogP contribution in [0.15, 0.2) is 12.1 Å². The third-order valence-corrected chi connectivity index (χ3v) is 5.27. The predicted octanol–water partition coefficient (Wildman–Crippen LogP) is 3.73. The molecule has 0 aliphatic heterocycles. The van der Waals surface area contributed by atoms with Crippen molar-refractivity contribution in [1.82, 2.24) is 5.32 Å². The van der Waals surface area contributed by atoms with Crippen molar-refractivity contribution >= 4 is 6.41 Å². The van der Waals surface area contributed by atoms with Gasteiger partial charge in [-0.3, -0.25) is 4.79 Å². The van der Waals surface area contributed by atoms with Crippen LogP contribution in [0, 0.1) is 24.0 Å². The van der Waals surface area contributed by atoms with Crippen molar-refractivity contribution in [3.63, 3.8) is 0 Å². The molecule has 2 nitrogen and oxygen atoms in total. The summed E-state index contributed by atoms with van der Waals surface area (Å²) in [5.74, 6) is -1.33. The van der Waals surface area contributed by atoms with Crippen LogP contribution in [0.2, 0.25) is 0 Å². The molecule has 1 aromatic rings. The highest BCUT2D eigenvalue weighted by Crippen LogP contribution is 2.63. The summed E-state index contributed by atoms with van der Waals surface area (Å²) in [6.07, 6.45) is 2.61. The van der Waals surface area contributed by atoms with Gasteiger partial charge in [-0.25, -0.2) is 13.2 Å². The number of hydrogen-bond acceptors (Lipinski definition) is 1. The van der Waals surface area contributed by atoms with Crippen molar-refractivity contribution in [2.24, 2.45) is 5.41 Å². The summed E-state index contributed by atoms with van der Waals surface area (Å²) in [7, 11) is 0. The fraction of sp³-hybridized carbons (Fsp3) is 0.562. The number of aryl methyl sites for hydroxylation is 1. The van der Waals surface area contributed by atoms with Crippen molar-refractivity contribution in [3.8, 4) is 0 Å². The number of carbonyl (C=O) groups excluding carboxylic acids is 1. The molecule has 0 saturated heterocycles. The smallest absolute Gasteiger partial charge is 0.207 e. The highest BCUT2D eigenvalue weighted by molar-refractivity contribution is 5.49. The van der Waals surface area contributed by atoms with E-state index >= 15 is 0 Å². The molecule has 1 aromatic carbocycles. The number of carbonyl (C=O) groups is 1. The normalized spacial score (nSPS) is 32.2. The average molecular weight is 297 g/mol. The lowest BCUT2D eigenvalue weighted by molar-refractivity contribution is -0.111. The van der Waals surface area contributed by atoms with Crippen molar-refractivity contribution in [2.45, 2.75) is 50.7 Å². The number of halogens is 3. The second kappa shape index (κ2) is 4.75. The van der Waals surface area contributed by atoms with E-state index in [0.717, 1.165) is 0 Å². The predicted molar refractivity (Wildman–Crippen MR) is 72.4 cm³/mol. The number of benzene rings is 1. The Morgan fingerprint density at radius 2 is 1.90 bits per heavy atom. The molecule has 0 aromatic heterocycles. The van der Waals surface area contributed by atoms with E-state index < -0.39 is 28.8 Å². The summed E-state index contributed by atoms with van der Waals surface area (Å²) in [6.45, 7) is 1.55. The molecule has 0 unspecified atom stereocenters. The zero-order valence-electron chi connectivity index (χ0n) is 11.9. The van der Waals surface area contributed by atoms with E-state index in [2.05, 4.69) is 5.32 Å². The molecule has 2 aliphatic rings. The van der Waals surface area contributed by atoms with Gasteiger partial charge in [0.2, 0.25) is 6.41 Å². The molecule has 2 aliphatic carbocycles. The van der Waals surface area contributed by atoms with Gasteiger partial charge in [-0.15, -0.1) is 0 Å². The van der Waals surface area contributed by atoms with Gasteiger partial charge in [0, 0.05) is 5.56 Å². The maximum Gasteiger partial charge on any atom is 0.207 e. The second-order valence-corrected chi connectivity index (χ2v) is 6.50. The van der Waals surface area contributed by atoms with E-state index in [0.29, 0.717) is 37.7 Å². The molecule has 5 heteroatoms. The van der Waals surface area contributed by atoms with Gasteiger partial charge in [0.1, 0.15) is 17.3 Å². The molecule has 1 amide bonds. The molecule has 2 saturated carbocycles. The van der Waals surface area contributed by atoms with Crippen LogP contribution in [0.1, 0.15) is 49.3 Å². The maximum atomic E-state index is 14.4. The molecule has 0 radical (unpaired) electrons. The number of amides is 1. The van der Waals surface area contributed by atoms with Crippen molar-refractivity contribution in [3.05, 3.63) is 34.9 Å². The first-order valence-electron chi connectivity index (χ1n) is 7.24. The lowest BCUT2D eigenvalue weighted by atomic mass is 9.74. The summed E-state index contributed by atoms with van der Waals surface area (Å²) < 4.78 is 43.0. The van der Waals surface area contributed by atoms with Crippen LogP contribution in [0.5, 0.6) is 0 Å². The topological polar surface area (TPSA) is 29.1 Å². The summed E-state index contributed by atoms with van der Waals surface area (Å²) in [5.41, 5.74) is -1.62. The zero-order valence-corrected chi connectivity index (χ0v) is 11.9. The summed E-state index contributed by atoms with van der Waals surface area (Å²) >= 11 is 0. The first-order valence-corrected chi connectivity index (χ1v) is 7.24. The van der Waals surface area contributed by atoms with Crippen LogP contribution in [0.4, 0.5) is 13.2 Å². The molecular weight excluding hydrogens is 279 g/mol. The maximum absolute atomic E-state index is 14.4. The Balaban J connectivity index is 2.08. The van der Waals surface area contributed by atoms with E-state index in [1.807, 2.05) is 0 Å². The molecular formula is C16H18F3NO. The van der Waals surface area contributed by atoms with Crippen LogP contribution in [-0.2, 0) is 4.79 Å². The van der Waals surface area contributed by atoms with Gasteiger partial charge in [0.25, 0.3) is 0 Å². The van der Waals surface area contributed by atoms with E-state index in [4.69, 9.17) is 0 Å². The van der Waals surface area contributed by atoms with Gasteiger partial charge >= 0.3 is 0 Å². The Hall–Kier alpha value is -1.52. The third-order valence-electron chi connectivity index (χ3n) is 5.27. The van der Waals surface area contributed by atoms with Crippen molar-refractivity contribution in [2.75, 3.05) is 0 Å². The number of rotatable bonds is 4. The Morgan fingerprint density at radius 3 is 2.43 bits per heavy atom. The molecule has 0 heterocycles. The molecule has 0 spiro atoms. The van der Waals surface area contributed by atoms with E-state index in [9.17, 15) is 18.0 Å². The summed E-state index contributed by atoms with van der Waals surface area (Å²) in [6, 6.07) is 1.76. The van der Waals surface area contributed by atoms with Gasteiger partial charge in [-0.1, -0.05) is 6.07 Å². The molecule has 2 bridgehead atoms. The number of fused-ring (bicyclic) bond motifs is 2. The van der Waals surface area contributed by atoms with Crippen LogP contribution >= 0.6 is 0 Å². The number of hydrogen-bond donors (Lipinski definition) is 1. The molecule has 1 N–H and O–H groups in total. The average Bonchev–Trinajstić information content (AvgIpc) is 2.97. The first kappa shape index (κ1) is 14.4. The number of alkyl halides is 1. The highest BCUT2D eigenvalue weighted by atomic mass is 19.1. The molecule has 21 heavy (non-hydrogen) atoms. The minimum absolute atomic E-state index is 0.131. The fourth-order valence-electron chi connectivity index (χ4n) is 4.15. The quantitative estimate of drug-likeness (QED) is 0.843. The Bertz CT molecular complexity index is 579. The lowest BCUT2D eigenvalue weighted by Crippen LogP contribution is -2.36. The van der Waals surface area contributed by atoms with E-state index in [1.54, 1.807) is 6.92 Å². The Labute approximate surface area is 121 Å². The van der Waals surface area contributed by atoms with Gasteiger partial charge < -0.3 is 5.32 Å². The minimum atomic E-state index is -1.24. The van der Waals surface area contributed by atoms with Crippen LogP contribution in [0.25, 0.3) is 0 Å². The van der Waals surface area contributed by atoms with Crippen LogP contribution in [0.3, 0.4) is 0 Å². The Kier molecular flexibility index (Phi) is 3.26. The monoisotopic (exact) mass is 297 g/mol.